The maximum absolute atomic E-state index is 11.6. The summed E-state index contributed by atoms with van der Waals surface area (Å²) in [5.41, 5.74) is 9.08. The summed E-state index contributed by atoms with van der Waals surface area (Å²) in [5.74, 6) is -0.126. The van der Waals surface area contributed by atoms with E-state index in [0.29, 0.717) is 6.54 Å². The number of hydrogen-bond acceptors (Lipinski definition) is 4. The minimum Gasteiger partial charge on any atom is -0.378 e. The first-order chi connectivity index (χ1) is 9.58. The number of amides is 1. The molecule has 5 nitrogen and oxygen atoms in total. The van der Waals surface area contributed by atoms with Gasteiger partial charge in [0.05, 0.1) is 19.3 Å². The highest BCUT2D eigenvalue weighted by molar-refractivity contribution is 5.85. The highest BCUT2D eigenvalue weighted by Gasteiger charge is 2.16. The third kappa shape index (κ3) is 5.65. The Morgan fingerprint density at radius 1 is 1.36 bits per heavy atom. The number of nitrogens with two attached hydrogens (primary N) is 1. The van der Waals surface area contributed by atoms with Gasteiger partial charge in [0.1, 0.15) is 0 Å². The Morgan fingerprint density at radius 2 is 2.00 bits per heavy atom. The molecule has 126 valence electrons. The second kappa shape index (κ2) is 9.90. The number of halogens is 2. The Kier molecular flexibility index (Phi) is 9.44. The fourth-order valence-corrected chi connectivity index (χ4v) is 2.27. The van der Waals surface area contributed by atoms with E-state index in [1.165, 1.54) is 11.3 Å². The van der Waals surface area contributed by atoms with Gasteiger partial charge in [-0.3, -0.25) is 4.79 Å². The van der Waals surface area contributed by atoms with Crippen molar-refractivity contribution in [1.29, 1.82) is 0 Å². The molecule has 2 rings (SSSR count). The van der Waals surface area contributed by atoms with Crippen molar-refractivity contribution in [3.63, 3.8) is 0 Å². The zero-order valence-corrected chi connectivity index (χ0v) is 14.6. The van der Waals surface area contributed by atoms with Crippen LogP contribution in [0.1, 0.15) is 18.1 Å². The Morgan fingerprint density at radius 3 is 2.59 bits per heavy atom. The van der Waals surface area contributed by atoms with Gasteiger partial charge in [0.2, 0.25) is 5.91 Å². The fourth-order valence-electron chi connectivity index (χ4n) is 2.27. The Balaban J connectivity index is 0.00000220. The second-order valence-electron chi connectivity index (χ2n) is 5.24. The van der Waals surface area contributed by atoms with E-state index >= 15 is 0 Å². The van der Waals surface area contributed by atoms with E-state index in [4.69, 9.17) is 10.5 Å². The molecule has 1 aromatic carbocycles. The molecule has 1 saturated heterocycles. The van der Waals surface area contributed by atoms with Gasteiger partial charge in [-0.15, -0.1) is 24.8 Å². The Bertz CT molecular complexity index is 478. The van der Waals surface area contributed by atoms with Gasteiger partial charge in [0, 0.05) is 25.3 Å². The number of ether oxygens (including phenoxy) is 1. The van der Waals surface area contributed by atoms with E-state index in [2.05, 4.69) is 35.3 Å². The van der Waals surface area contributed by atoms with Gasteiger partial charge in [-0.25, -0.2) is 0 Å². The molecule has 7 heteroatoms. The lowest BCUT2D eigenvalue weighted by Gasteiger charge is -2.31. The number of anilines is 1. The van der Waals surface area contributed by atoms with Gasteiger partial charge in [-0.05, 0) is 31.0 Å². The summed E-state index contributed by atoms with van der Waals surface area (Å²) in [6.45, 7) is 7.55. The van der Waals surface area contributed by atoms with Crippen molar-refractivity contribution in [2.24, 2.45) is 5.73 Å². The zero-order valence-electron chi connectivity index (χ0n) is 13.0. The number of benzene rings is 1. The normalized spacial score (nSPS) is 15.3. The number of nitrogens with zero attached hydrogens (tertiary/aromatic N) is 1. The number of carbonyl (C=O) groups is 1. The summed E-state index contributed by atoms with van der Waals surface area (Å²) >= 11 is 0. The molecule has 1 aromatic rings. The molecule has 0 aliphatic carbocycles. The fraction of sp³-hybridized carbons (Fsp3) is 0.533. The molecule has 0 spiro atoms. The van der Waals surface area contributed by atoms with Crippen LogP contribution >= 0.6 is 24.8 Å². The lowest BCUT2D eigenvalue weighted by molar-refractivity contribution is -0.122. The summed E-state index contributed by atoms with van der Waals surface area (Å²) < 4.78 is 5.39. The lowest BCUT2D eigenvalue weighted by Crippen LogP contribution is -2.39. The van der Waals surface area contributed by atoms with Crippen LogP contribution in [0.25, 0.3) is 0 Å². The van der Waals surface area contributed by atoms with Crippen molar-refractivity contribution < 1.29 is 9.53 Å². The van der Waals surface area contributed by atoms with Gasteiger partial charge in [-0.1, -0.05) is 12.1 Å². The molecule has 3 N–H and O–H groups in total. The predicted molar refractivity (Wildman–Crippen MR) is 94.2 cm³/mol. The van der Waals surface area contributed by atoms with Gasteiger partial charge >= 0.3 is 0 Å². The third-order valence-electron chi connectivity index (χ3n) is 3.46. The van der Waals surface area contributed by atoms with E-state index < -0.39 is 6.04 Å². The number of morpholine rings is 1. The second-order valence-corrected chi connectivity index (χ2v) is 5.24. The highest BCUT2D eigenvalue weighted by atomic mass is 35.5. The summed E-state index contributed by atoms with van der Waals surface area (Å²) in [6.07, 6.45) is 0. The average Bonchev–Trinajstić information content (AvgIpc) is 2.46. The minimum absolute atomic E-state index is 0. The van der Waals surface area contributed by atoms with Crippen LogP contribution in [0.4, 0.5) is 5.69 Å². The third-order valence-corrected chi connectivity index (χ3v) is 3.46. The molecule has 0 saturated carbocycles. The van der Waals surface area contributed by atoms with E-state index in [1.54, 1.807) is 6.92 Å². The van der Waals surface area contributed by atoms with E-state index in [0.717, 1.165) is 31.9 Å². The van der Waals surface area contributed by atoms with Crippen LogP contribution in [-0.4, -0.2) is 38.3 Å². The molecule has 1 heterocycles. The Hall–Kier alpha value is -1.01. The number of aryl methyl sites for hydroxylation is 1. The first kappa shape index (κ1) is 21.0. The van der Waals surface area contributed by atoms with Crippen LogP contribution < -0.4 is 16.0 Å². The molecule has 1 fully saturated rings. The highest BCUT2D eigenvalue weighted by Crippen LogP contribution is 2.23. The van der Waals surface area contributed by atoms with Crippen LogP contribution in [0.3, 0.4) is 0 Å². The van der Waals surface area contributed by atoms with Gasteiger partial charge in [0.15, 0.2) is 0 Å². The van der Waals surface area contributed by atoms with Crippen LogP contribution in [-0.2, 0) is 16.1 Å². The topological polar surface area (TPSA) is 67.6 Å². The summed E-state index contributed by atoms with van der Waals surface area (Å²) in [4.78, 5) is 13.9. The zero-order chi connectivity index (χ0) is 14.5. The first-order valence-electron chi connectivity index (χ1n) is 7.03. The van der Waals surface area contributed by atoms with Gasteiger partial charge in [-0.2, -0.15) is 0 Å². The SMILES string of the molecule is Cc1ccc(CNC(=O)[C@@H](C)N)c(N2CCOCC2)c1.Cl.Cl. The van der Waals surface area contributed by atoms with Gasteiger partial charge < -0.3 is 20.7 Å². The molecular weight excluding hydrogens is 325 g/mol. The molecule has 0 unspecified atom stereocenters. The molecular formula is C15H25Cl2N3O2. The molecule has 0 bridgehead atoms. The number of rotatable bonds is 4. The van der Waals surface area contributed by atoms with E-state index in [1.807, 2.05) is 0 Å². The van der Waals surface area contributed by atoms with E-state index in [9.17, 15) is 4.79 Å². The first-order valence-corrected chi connectivity index (χ1v) is 7.03. The summed E-state index contributed by atoms with van der Waals surface area (Å²) in [6, 6.07) is 5.82. The molecule has 1 amide bonds. The summed E-state index contributed by atoms with van der Waals surface area (Å²) in [5, 5.41) is 2.88. The monoisotopic (exact) mass is 349 g/mol. The van der Waals surface area contributed by atoms with Crippen molar-refractivity contribution in [2.75, 3.05) is 31.2 Å². The van der Waals surface area contributed by atoms with Crippen molar-refractivity contribution in [3.8, 4) is 0 Å². The van der Waals surface area contributed by atoms with Crippen molar-refractivity contribution in [1.82, 2.24) is 5.32 Å². The molecule has 1 aliphatic rings. The largest absolute Gasteiger partial charge is 0.378 e. The smallest absolute Gasteiger partial charge is 0.236 e. The molecule has 1 atom stereocenters. The maximum Gasteiger partial charge on any atom is 0.236 e. The van der Waals surface area contributed by atoms with E-state index in [-0.39, 0.29) is 30.7 Å². The lowest BCUT2D eigenvalue weighted by atomic mass is 10.1. The quantitative estimate of drug-likeness (QED) is 0.866. The average molecular weight is 350 g/mol. The maximum atomic E-state index is 11.6. The molecule has 22 heavy (non-hydrogen) atoms. The molecule has 0 radical (unpaired) electrons. The molecule has 0 aromatic heterocycles. The number of hydrogen-bond donors (Lipinski definition) is 2. The van der Waals surface area contributed by atoms with Crippen LogP contribution in [0, 0.1) is 6.92 Å². The number of nitrogens with one attached hydrogen (secondary N) is 1. The minimum atomic E-state index is -0.479. The van der Waals surface area contributed by atoms with Crippen molar-refractivity contribution in [2.45, 2.75) is 26.4 Å². The Labute approximate surface area is 144 Å². The van der Waals surface area contributed by atoms with Crippen LogP contribution in [0.2, 0.25) is 0 Å². The summed E-state index contributed by atoms with van der Waals surface area (Å²) in [7, 11) is 0. The van der Waals surface area contributed by atoms with Crippen LogP contribution in [0.15, 0.2) is 18.2 Å². The van der Waals surface area contributed by atoms with Crippen LogP contribution in [0.5, 0.6) is 0 Å². The van der Waals surface area contributed by atoms with Crippen molar-refractivity contribution >= 4 is 36.4 Å². The number of carbonyl (C=O) groups excluding carboxylic acids is 1. The molecule has 1 aliphatic heterocycles. The van der Waals surface area contributed by atoms with Gasteiger partial charge in [0.25, 0.3) is 0 Å². The predicted octanol–water partition coefficient (Wildman–Crippen LogP) is 1.64. The van der Waals surface area contributed by atoms with Crippen molar-refractivity contribution in [3.05, 3.63) is 29.3 Å². The standard InChI is InChI=1S/C15H23N3O2.2ClH/c1-11-3-4-13(10-17-15(19)12(2)16)14(9-11)18-5-7-20-8-6-18;;/h3-4,9,12H,5-8,10,16H2,1-2H3,(H,17,19);2*1H/t12-;;/m1../s1.